The normalized spacial score (nSPS) is 21.2. The van der Waals surface area contributed by atoms with E-state index in [1.807, 2.05) is 10.6 Å². The molecular formula is C5H4N2O5. The van der Waals surface area contributed by atoms with Crippen molar-refractivity contribution in [2.24, 2.45) is 0 Å². The lowest BCUT2D eigenvalue weighted by Crippen LogP contribution is -2.34. The molecule has 1 aliphatic heterocycles. The van der Waals surface area contributed by atoms with Crippen molar-refractivity contribution in [2.45, 2.75) is 6.23 Å². The fourth-order valence-corrected chi connectivity index (χ4v) is 0.625. The van der Waals surface area contributed by atoms with Gasteiger partial charge in [-0.2, -0.15) is 0 Å². The molecule has 2 N–H and O–H groups in total. The number of carbonyl (C=O) groups excluding carboxylic acids is 4. The number of nitrogens with one attached hydrogen (secondary N) is 2. The highest BCUT2D eigenvalue weighted by Crippen LogP contribution is 1.94. The summed E-state index contributed by atoms with van der Waals surface area (Å²) < 4.78 is 4.19. The highest BCUT2D eigenvalue weighted by molar-refractivity contribution is 6.21. The van der Waals surface area contributed by atoms with Crippen LogP contribution in [-0.2, 0) is 19.1 Å². The number of urea groups is 1. The third-order valence-corrected chi connectivity index (χ3v) is 1.07. The number of esters is 1. The van der Waals surface area contributed by atoms with Crippen molar-refractivity contribution in [3.63, 3.8) is 0 Å². The number of aldehydes is 1. The summed E-state index contributed by atoms with van der Waals surface area (Å²) in [5.41, 5.74) is 0. The molecule has 3 amide bonds. The minimum absolute atomic E-state index is 0.0994. The number of imide groups is 1. The number of rotatable bonds is 2. The molecule has 0 aliphatic carbocycles. The number of carbonyl (C=O) groups is 4. The fourth-order valence-electron chi connectivity index (χ4n) is 0.625. The molecule has 1 aliphatic rings. The Labute approximate surface area is 66.1 Å². The van der Waals surface area contributed by atoms with E-state index in [-0.39, 0.29) is 6.29 Å². The molecule has 1 unspecified atom stereocenters. The van der Waals surface area contributed by atoms with Crippen molar-refractivity contribution < 1.29 is 23.9 Å². The van der Waals surface area contributed by atoms with Gasteiger partial charge in [-0.3, -0.25) is 20.2 Å². The standard InChI is InChI=1S/C5H4N2O5/c8-1-2(9)12-4-3(10)6-5(11)7-4/h1,4H,(H2,6,7,10,11). The van der Waals surface area contributed by atoms with E-state index in [2.05, 4.69) is 4.74 Å². The van der Waals surface area contributed by atoms with Crippen molar-refractivity contribution in [3.8, 4) is 0 Å². The molecule has 0 bridgehead atoms. The van der Waals surface area contributed by atoms with Crippen LogP contribution in [0.5, 0.6) is 0 Å². The van der Waals surface area contributed by atoms with Crippen LogP contribution in [0.2, 0.25) is 0 Å². The largest absolute Gasteiger partial charge is 0.426 e. The van der Waals surface area contributed by atoms with E-state index in [0.29, 0.717) is 0 Å². The number of hydrogen-bond donors (Lipinski definition) is 2. The van der Waals surface area contributed by atoms with Gasteiger partial charge in [-0.15, -0.1) is 0 Å². The van der Waals surface area contributed by atoms with Crippen LogP contribution in [0.25, 0.3) is 0 Å². The van der Waals surface area contributed by atoms with E-state index < -0.39 is 24.1 Å². The summed E-state index contributed by atoms with van der Waals surface area (Å²) in [7, 11) is 0. The average molecular weight is 172 g/mol. The van der Waals surface area contributed by atoms with Gasteiger partial charge in [0.2, 0.25) is 6.29 Å². The van der Waals surface area contributed by atoms with Gasteiger partial charge in [0.15, 0.2) is 0 Å². The Bertz CT molecular complexity index is 261. The maximum absolute atomic E-state index is 10.6. The average Bonchev–Trinajstić information content (AvgIpc) is 2.30. The summed E-state index contributed by atoms with van der Waals surface area (Å²) in [6.45, 7) is 0. The minimum Gasteiger partial charge on any atom is -0.426 e. The zero-order chi connectivity index (χ0) is 9.14. The van der Waals surface area contributed by atoms with Crippen LogP contribution in [0.1, 0.15) is 0 Å². The van der Waals surface area contributed by atoms with E-state index >= 15 is 0 Å². The van der Waals surface area contributed by atoms with Crippen molar-refractivity contribution in [1.82, 2.24) is 10.6 Å². The van der Waals surface area contributed by atoms with Gasteiger partial charge in [0.1, 0.15) is 0 Å². The first kappa shape index (κ1) is 8.18. The second-order valence-electron chi connectivity index (χ2n) is 1.90. The quantitative estimate of drug-likeness (QED) is 0.215. The summed E-state index contributed by atoms with van der Waals surface area (Å²) in [4.78, 5) is 41.1. The molecule has 1 fully saturated rings. The Kier molecular flexibility index (Phi) is 2.04. The lowest BCUT2D eigenvalue weighted by molar-refractivity contribution is -0.157. The van der Waals surface area contributed by atoms with Gasteiger partial charge in [0, 0.05) is 0 Å². The van der Waals surface area contributed by atoms with E-state index in [1.54, 1.807) is 0 Å². The summed E-state index contributed by atoms with van der Waals surface area (Å²) >= 11 is 0. The molecule has 0 radical (unpaired) electrons. The second kappa shape index (κ2) is 2.99. The van der Waals surface area contributed by atoms with Crippen LogP contribution in [0, 0.1) is 0 Å². The highest BCUT2D eigenvalue weighted by Gasteiger charge is 2.32. The Hall–Kier alpha value is -1.92. The molecule has 1 saturated heterocycles. The Balaban J connectivity index is 2.54. The SMILES string of the molecule is O=CC(=O)OC1NC(=O)NC1=O. The van der Waals surface area contributed by atoms with Crippen molar-refractivity contribution in [3.05, 3.63) is 0 Å². The number of hydrogen-bond acceptors (Lipinski definition) is 5. The molecule has 0 aromatic rings. The number of amides is 3. The zero-order valence-corrected chi connectivity index (χ0v) is 5.70. The first-order chi connectivity index (χ1) is 5.63. The van der Waals surface area contributed by atoms with Gasteiger partial charge in [-0.05, 0) is 0 Å². The van der Waals surface area contributed by atoms with Gasteiger partial charge < -0.3 is 4.74 Å². The molecular weight excluding hydrogens is 168 g/mol. The van der Waals surface area contributed by atoms with Crippen LogP contribution >= 0.6 is 0 Å². The van der Waals surface area contributed by atoms with Crippen molar-refractivity contribution in [2.75, 3.05) is 0 Å². The predicted octanol–water partition coefficient (Wildman–Crippen LogP) is -2.11. The zero-order valence-electron chi connectivity index (χ0n) is 5.70. The van der Waals surface area contributed by atoms with Crippen LogP contribution < -0.4 is 10.6 Å². The van der Waals surface area contributed by atoms with Gasteiger partial charge in [-0.25, -0.2) is 9.59 Å². The molecule has 0 saturated carbocycles. The van der Waals surface area contributed by atoms with Crippen LogP contribution in [0.4, 0.5) is 4.79 Å². The molecule has 0 spiro atoms. The van der Waals surface area contributed by atoms with Crippen LogP contribution in [0.3, 0.4) is 0 Å². The Morgan fingerprint density at radius 1 is 1.50 bits per heavy atom. The molecule has 7 heteroatoms. The van der Waals surface area contributed by atoms with Crippen LogP contribution in [-0.4, -0.2) is 30.4 Å². The molecule has 1 rings (SSSR count). The van der Waals surface area contributed by atoms with E-state index in [4.69, 9.17) is 0 Å². The summed E-state index contributed by atoms with van der Waals surface area (Å²) in [6, 6.07) is -0.760. The minimum atomic E-state index is -1.39. The maximum Gasteiger partial charge on any atom is 0.373 e. The first-order valence-corrected chi connectivity index (χ1v) is 2.90. The highest BCUT2D eigenvalue weighted by atomic mass is 16.6. The van der Waals surface area contributed by atoms with Crippen molar-refractivity contribution in [1.29, 1.82) is 0 Å². The molecule has 12 heavy (non-hydrogen) atoms. The van der Waals surface area contributed by atoms with Gasteiger partial charge >= 0.3 is 12.0 Å². The van der Waals surface area contributed by atoms with Crippen LogP contribution in [0.15, 0.2) is 0 Å². The van der Waals surface area contributed by atoms with E-state index in [1.165, 1.54) is 0 Å². The third-order valence-electron chi connectivity index (χ3n) is 1.07. The van der Waals surface area contributed by atoms with Gasteiger partial charge in [0.25, 0.3) is 12.1 Å². The Morgan fingerprint density at radius 3 is 2.58 bits per heavy atom. The second-order valence-corrected chi connectivity index (χ2v) is 1.90. The molecule has 1 atom stereocenters. The molecule has 7 nitrogen and oxygen atoms in total. The topological polar surface area (TPSA) is 102 Å². The van der Waals surface area contributed by atoms with Gasteiger partial charge in [0.05, 0.1) is 0 Å². The monoisotopic (exact) mass is 172 g/mol. The molecule has 1 heterocycles. The fraction of sp³-hybridized carbons (Fsp3) is 0.200. The lowest BCUT2D eigenvalue weighted by Gasteiger charge is -2.04. The molecule has 64 valence electrons. The Morgan fingerprint density at radius 2 is 2.17 bits per heavy atom. The predicted molar refractivity (Wildman–Crippen MR) is 32.6 cm³/mol. The van der Waals surface area contributed by atoms with E-state index in [9.17, 15) is 19.2 Å². The molecule has 0 aromatic heterocycles. The van der Waals surface area contributed by atoms with Crippen molar-refractivity contribution >= 4 is 24.2 Å². The third kappa shape index (κ3) is 1.57. The lowest BCUT2D eigenvalue weighted by atomic mass is 10.5. The smallest absolute Gasteiger partial charge is 0.373 e. The number of ether oxygens (including phenoxy) is 1. The first-order valence-electron chi connectivity index (χ1n) is 2.90. The summed E-state index contributed by atoms with van der Waals surface area (Å²) in [5.74, 6) is -2.01. The summed E-state index contributed by atoms with van der Waals surface area (Å²) in [6.07, 6.45) is -1.49. The molecule has 0 aromatic carbocycles. The summed E-state index contributed by atoms with van der Waals surface area (Å²) in [5, 5.41) is 3.78. The maximum atomic E-state index is 10.6. The van der Waals surface area contributed by atoms with E-state index in [0.717, 1.165) is 0 Å². The van der Waals surface area contributed by atoms with Gasteiger partial charge in [-0.1, -0.05) is 0 Å².